The molecule has 3 aromatic rings. The molecule has 0 bridgehead atoms. The molecule has 182 valence electrons. The summed E-state index contributed by atoms with van der Waals surface area (Å²) in [5, 5.41) is 3.27. The van der Waals surface area contributed by atoms with E-state index in [9.17, 15) is 4.79 Å². The van der Waals surface area contributed by atoms with Crippen LogP contribution in [0.15, 0.2) is 78.9 Å². The van der Waals surface area contributed by atoms with Gasteiger partial charge in [-0.15, -0.1) is 0 Å². The molecule has 0 radical (unpaired) electrons. The molecular weight excluding hydrogens is 432 g/mol. The smallest absolute Gasteiger partial charge is 0.224 e. The van der Waals surface area contributed by atoms with Crippen LogP contribution in [-0.2, 0) is 23.2 Å². The van der Waals surface area contributed by atoms with Crippen LogP contribution in [0.25, 0.3) is 0 Å². The SMILES string of the molecule is CN1c2cc(OCc3ccccc3)ccc2[C@@]2(C)C(C(=O)NCCCc3ccccc3)CCC[C@@H]12. The molecular formula is C31H36N2O2. The number of hydrogen-bond acceptors (Lipinski definition) is 3. The number of anilines is 1. The Bertz CT molecular complexity index is 1150. The van der Waals surface area contributed by atoms with Crippen molar-refractivity contribution < 1.29 is 9.53 Å². The van der Waals surface area contributed by atoms with Crippen LogP contribution >= 0.6 is 0 Å². The van der Waals surface area contributed by atoms with Crippen LogP contribution in [-0.4, -0.2) is 25.5 Å². The number of ether oxygens (including phenoxy) is 1. The number of aryl methyl sites for hydroxylation is 1. The average Bonchev–Trinajstić information content (AvgIpc) is 3.12. The zero-order valence-electron chi connectivity index (χ0n) is 20.9. The summed E-state index contributed by atoms with van der Waals surface area (Å²) in [5.74, 6) is 1.07. The molecule has 4 nitrogen and oxygen atoms in total. The highest BCUT2D eigenvalue weighted by Gasteiger charge is 2.55. The minimum Gasteiger partial charge on any atom is -0.489 e. The van der Waals surface area contributed by atoms with Crippen molar-refractivity contribution in [3.05, 3.63) is 95.6 Å². The Morgan fingerprint density at radius 1 is 1.00 bits per heavy atom. The van der Waals surface area contributed by atoms with Gasteiger partial charge >= 0.3 is 0 Å². The van der Waals surface area contributed by atoms with Gasteiger partial charge in [-0.05, 0) is 48.4 Å². The summed E-state index contributed by atoms with van der Waals surface area (Å²) in [5.41, 5.74) is 4.77. The lowest BCUT2D eigenvalue weighted by Crippen LogP contribution is -2.53. The molecule has 1 aliphatic carbocycles. The van der Waals surface area contributed by atoms with Crippen LogP contribution < -0.4 is 15.0 Å². The quantitative estimate of drug-likeness (QED) is 0.419. The highest BCUT2D eigenvalue weighted by molar-refractivity contribution is 5.83. The van der Waals surface area contributed by atoms with Gasteiger partial charge in [-0.1, -0.05) is 80.1 Å². The second kappa shape index (κ2) is 10.2. The molecule has 1 fully saturated rings. The number of carbonyl (C=O) groups excluding carboxylic acids is 1. The van der Waals surface area contributed by atoms with Gasteiger partial charge in [-0.25, -0.2) is 0 Å². The first-order valence-corrected chi connectivity index (χ1v) is 12.9. The summed E-state index contributed by atoms with van der Waals surface area (Å²) in [4.78, 5) is 15.8. The van der Waals surface area contributed by atoms with Gasteiger partial charge in [0.15, 0.2) is 0 Å². The number of nitrogens with one attached hydrogen (secondary N) is 1. The standard InChI is InChI=1S/C31H36N2O2/c1-31-26-19-18-25(35-22-24-13-7-4-8-14-24)21-28(26)33(2)29(31)17-9-16-27(31)30(34)32-20-10-15-23-11-5-3-6-12-23/h3-8,11-14,18-19,21,27,29H,9-10,15-17,20,22H2,1-2H3,(H,32,34)/t27?,29-,31+/m1/s1. The predicted octanol–water partition coefficient (Wildman–Crippen LogP) is 5.89. The number of nitrogens with zero attached hydrogens (tertiary/aromatic N) is 1. The minimum atomic E-state index is -0.191. The highest BCUT2D eigenvalue weighted by atomic mass is 16.5. The van der Waals surface area contributed by atoms with Crippen molar-refractivity contribution in [1.82, 2.24) is 5.32 Å². The second-order valence-electron chi connectivity index (χ2n) is 10.2. The number of benzene rings is 3. The molecule has 2 aliphatic rings. The first-order chi connectivity index (χ1) is 17.1. The van der Waals surface area contributed by atoms with E-state index in [0.717, 1.165) is 50.0 Å². The first-order valence-electron chi connectivity index (χ1n) is 12.9. The maximum Gasteiger partial charge on any atom is 0.224 e. The van der Waals surface area contributed by atoms with Crippen molar-refractivity contribution in [3.63, 3.8) is 0 Å². The van der Waals surface area contributed by atoms with E-state index < -0.39 is 0 Å². The summed E-state index contributed by atoms with van der Waals surface area (Å²) in [6.45, 7) is 3.58. The zero-order chi connectivity index (χ0) is 24.3. The molecule has 1 heterocycles. The molecule has 3 atom stereocenters. The number of hydrogen-bond donors (Lipinski definition) is 1. The fraction of sp³-hybridized carbons (Fsp3) is 0.387. The van der Waals surface area contributed by atoms with Gasteiger partial charge in [0.2, 0.25) is 5.91 Å². The normalized spacial score (nSPS) is 22.9. The van der Waals surface area contributed by atoms with Gasteiger partial charge in [-0.3, -0.25) is 4.79 Å². The van der Waals surface area contributed by atoms with E-state index >= 15 is 0 Å². The number of carbonyl (C=O) groups is 1. The van der Waals surface area contributed by atoms with E-state index in [4.69, 9.17) is 4.74 Å². The Morgan fingerprint density at radius 2 is 1.71 bits per heavy atom. The lowest BCUT2D eigenvalue weighted by molar-refractivity contribution is -0.128. The fourth-order valence-electron chi connectivity index (χ4n) is 6.24. The van der Waals surface area contributed by atoms with Gasteiger partial charge in [0.05, 0.1) is 0 Å². The first kappa shape index (κ1) is 23.5. The number of rotatable bonds is 8. The van der Waals surface area contributed by atoms with E-state index in [1.807, 2.05) is 24.3 Å². The maximum absolute atomic E-state index is 13.4. The van der Waals surface area contributed by atoms with Crippen LogP contribution in [0.3, 0.4) is 0 Å². The predicted molar refractivity (Wildman–Crippen MR) is 142 cm³/mol. The third kappa shape index (κ3) is 4.67. The average molecular weight is 469 g/mol. The molecule has 4 heteroatoms. The molecule has 5 rings (SSSR count). The Labute approximate surface area is 209 Å². The maximum atomic E-state index is 13.4. The topological polar surface area (TPSA) is 41.6 Å². The van der Waals surface area contributed by atoms with E-state index in [-0.39, 0.29) is 17.2 Å². The van der Waals surface area contributed by atoms with Crippen molar-refractivity contribution in [1.29, 1.82) is 0 Å². The van der Waals surface area contributed by atoms with Gasteiger partial charge in [0.1, 0.15) is 12.4 Å². The molecule has 3 aromatic carbocycles. The van der Waals surface area contributed by atoms with Crippen molar-refractivity contribution >= 4 is 11.6 Å². The summed E-state index contributed by atoms with van der Waals surface area (Å²) >= 11 is 0. The van der Waals surface area contributed by atoms with Gasteiger partial charge in [0.25, 0.3) is 0 Å². The second-order valence-corrected chi connectivity index (χ2v) is 10.2. The third-order valence-electron chi connectivity index (χ3n) is 8.13. The summed E-state index contributed by atoms with van der Waals surface area (Å²) in [6.07, 6.45) is 5.08. The van der Waals surface area contributed by atoms with Crippen LogP contribution in [0.5, 0.6) is 5.75 Å². The monoisotopic (exact) mass is 468 g/mol. The molecule has 0 aromatic heterocycles. The fourth-order valence-corrected chi connectivity index (χ4v) is 6.24. The highest BCUT2D eigenvalue weighted by Crippen LogP contribution is 2.54. The largest absolute Gasteiger partial charge is 0.489 e. The van der Waals surface area contributed by atoms with Gasteiger partial charge < -0.3 is 15.0 Å². The third-order valence-corrected chi connectivity index (χ3v) is 8.13. The number of likely N-dealkylation sites (N-methyl/N-ethyl adjacent to an activating group) is 1. The summed E-state index contributed by atoms with van der Waals surface area (Å²) < 4.78 is 6.12. The van der Waals surface area contributed by atoms with Crippen molar-refractivity contribution in [2.24, 2.45) is 5.92 Å². The summed E-state index contributed by atoms with van der Waals surface area (Å²) in [7, 11) is 2.18. The van der Waals surface area contributed by atoms with Crippen LogP contribution in [0.1, 0.15) is 49.3 Å². The molecule has 1 N–H and O–H groups in total. The number of fused-ring (bicyclic) bond motifs is 3. The minimum absolute atomic E-state index is 0.0160. The van der Waals surface area contributed by atoms with Crippen molar-refractivity contribution in [2.45, 2.75) is 57.1 Å². The van der Waals surface area contributed by atoms with Crippen molar-refractivity contribution in [2.75, 3.05) is 18.5 Å². The lowest BCUT2D eigenvalue weighted by atomic mass is 9.62. The molecule has 0 saturated heterocycles. The van der Waals surface area contributed by atoms with E-state index in [2.05, 4.69) is 78.8 Å². The molecule has 1 saturated carbocycles. The summed E-state index contributed by atoms with van der Waals surface area (Å²) in [6, 6.07) is 27.5. The number of amides is 1. The molecule has 35 heavy (non-hydrogen) atoms. The molecule has 1 unspecified atom stereocenters. The zero-order valence-corrected chi connectivity index (χ0v) is 20.9. The Balaban J connectivity index is 1.28. The molecule has 0 spiro atoms. The van der Waals surface area contributed by atoms with Crippen LogP contribution in [0.2, 0.25) is 0 Å². The Kier molecular flexibility index (Phi) is 6.81. The van der Waals surface area contributed by atoms with Gasteiger partial charge in [0, 0.05) is 42.7 Å². The van der Waals surface area contributed by atoms with Crippen LogP contribution in [0.4, 0.5) is 5.69 Å². The Morgan fingerprint density at radius 3 is 2.46 bits per heavy atom. The lowest BCUT2D eigenvalue weighted by Gasteiger charge is -2.44. The van der Waals surface area contributed by atoms with E-state index in [1.54, 1.807) is 0 Å². The molecule has 1 aliphatic heterocycles. The van der Waals surface area contributed by atoms with Crippen LogP contribution in [0, 0.1) is 5.92 Å². The van der Waals surface area contributed by atoms with E-state index in [0.29, 0.717) is 12.6 Å². The Hall–Kier alpha value is -3.27. The van der Waals surface area contributed by atoms with Crippen molar-refractivity contribution in [3.8, 4) is 5.75 Å². The van der Waals surface area contributed by atoms with Gasteiger partial charge in [-0.2, -0.15) is 0 Å². The molecule has 1 amide bonds. The van der Waals surface area contributed by atoms with E-state index in [1.165, 1.54) is 16.8 Å².